The molecule has 6 heteroatoms. The second kappa shape index (κ2) is 9.93. The molecule has 0 unspecified atom stereocenters. The zero-order valence-electron chi connectivity index (χ0n) is 20.5. The van der Waals surface area contributed by atoms with E-state index in [9.17, 15) is 4.79 Å². The van der Waals surface area contributed by atoms with Gasteiger partial charge in [0.1, 0.15) is 11.4 Å². The Morgan fingerprint density at radius 1 is 1.03 bits per heavy atom. The third-order valence-corrected chi connectivity index (χ3v) is 8.43. The first-order chi connectivity index (χ1) is 16.5. The molecule has 3 atom stereocenters. The molecule has 1 aliphatic heterocycles. The number of nitrogens with zero attached hydrogens (tertiary/aromatic N) is 3. The molecule has 3 aliphatic rings. The van der Waals surface area contributed by atoms with Gasteiger partial charge >= 0.3 is 0 Å². The van der Waals surface area contributed by atoms with Crippen LogP contribution in [0.15, 0.2) is 41.4 Å². The number of guanidine groups is 1. The molecular formula is C28H39N5O. The summed E-state index contributed by atoms with van der Waals surface area (Å²) in [5.74, 6) is 2.63. The number of anilines is 1. The number of amides is 1. The number of likely N-dealkylation sites (N-methyl/N-ethyl adjacent to an activating group) is 1. The Kier molecular flexibility index (Phi) is 6.75. The number of aromatic nitrogens is 1. The molecule has 1 aromatic heterocycles. The summed E-state index contributed by atoms with van der Waals surface area (Å²) < 4.78 is 0. The lowest BCUT2D eigenvalue weighted by molar-refractivity contribution is -0.131. The van der Waals surface area contributed by atoms with Gasteiger partial charge in [-0.15, -0.1) is 0 Å². The van der Waals surface area contributed by atoms with Crippen molar-refractivity contribution in [1.82, 2.24) is 9.88 Å². The average Bonchev–Trinajstić information content (AvgIpc) is 3.07. The normalized spacial score (nSPS) is 28.3. The first-order valence-corrected chi connectivity index (χ1v) is 13.3. The summed E-state index contributed by atoms with van der Waals surface area (Å²) in [6.45, 7) is 0. The Morgan fingerprint density at radius 3 is 2.62 bits per heavy atom. The van der Waals surface area contributed by atoms with E-state index in [1.54, 1.807) is 11.9 Å². The largest absolute Gasteiger partial charge is 0.369 e. The van der Waals surface area contributed by atoms with Crippen LogP contribution in [-0.4, -0.2) is 40.4 Å². The van der Waals surface area contributed by atoms with E-state index in [4.69, 9.17) is 15.7 Å². The van der Waals surface area contributed by atoms with Crippen LogP contribution in [0.25, 0.3) is 10.9 Å². The molecule has 3 N–H and O–H groups in total. The van der Waals surface area contributed by atoms with Gasteiger partial charge in [-0.2, -0.15) is 0 Å². The summed E-state index contributed by atoms with van der Waals surface area (Å²) in [5.41, 5.74) is 6.52. The molecule has 2 heterocycles. The number of nitrogens with one attached hydrogen (secondary N) is 1. The van der Waals surface area contributed by atoms with Crippen LogP contribution in [0.5, 0.6) is 0 Å². The van der Waals surface area contributed by atoms with Gasteiger partial charge < -0.3 is 11.1 Å². The van der Waals surface area contributed by atoms with E-state index < -0.39 is 5.54 Å². The van der Waals surface area contributed by atoms with Crippen molar-refractivity contribution in [3.63, 3.8) is 0 Å². The molecule has 0 radical (unpaired) electrons. The third kappa shape index (κ3) is 4.91. The first kappa shape index (κ1) is 23.1. The van der Waals surface area contributed by atoms with Crippen molar-refractivity contribution in [2.75, 3.05) is 12.4 Å². The maximum atomic E-state index is 13.4. The minimum atomic E-state index is -0.663. The van der Waals surface area contributed by atoms with E-state index in [0.29, 0.717) is 17.9 Å². The van der Waals surface area contributed by atoms with Crippen LogP contribution in [0.4, 0.5) is 5.82 Å². The summed E-state index contributed by atoms with van der Waals surface area (Å²) in [4.78, 5) is 24.6. The number of carbonyl (C=O) groups excluding carboxylic acids is 1. The molecule has 5 rings (SSSR count). The predicted octanol–water partition coefficient (Wildman–Crippen LogP) is 5.48. The van der Waals surface area contributed by atoms with E-state index in [-0.39, 0.29) is 5.91 Å². The van der Waals surface area contributed by atoms with Crippen molar-refractivity contribution in [2.45, 2.75) is 88.6 Å². The Morgan fingerprint density at radius 2 is 1.82 bits per heavy atom. The number of hydrogen-bond acceptors (Lipinski definition) is 5. The maximum Gasteiger partial charge on any atom is 0.257 e. The second-order valence-corrected chi connectivity index (χ2v) is 10.9. The van der Waals surface area contributed by atoms with Crippen molar-refractivity contribution in [1.29, 1.82) is 0 Å². The molecule has 1 aromatic carbocycles. The fraction of sp³-hybridized carbons (Fsp3) is 0.607. The smallest absolute Gasteiger partial charge is 0.257 e. The lowest BCUT2D eigenvalue weighted by atomic mass is 9.74. The van der Waals surface area contributed by atoms with Crippen molar-refractivity contribution in [3.05, 3.63) is 36.4 Å². The number of pyridine rings is 1. The minimum absolute atomic E-state index is 0.104. The number of aliphatic imine (C=N–C) groups is 1. The topological polar surface area (TPSA) is 83.6 Å². The van der Waals surface area contributed by atoms with Gasteiger partial charge in [-0.25, -0.2) is 9.98 Å². The van der Waals surface area contributed by atoms with Crippen molar-refractivity contribution < 1.29 is 4.79 Å². The van der Waals surface area contributed by atoms with E-state index in [2.05, 4.69) is 29.6 Å². The molecule has 1 amide bonds. The number of para-hydroxylation sites is 1. The van der Waals surface area contributed by atoms with Crippen molar-refractivity contribution in [2.24, 2.45) is 22.6 Å². The van der Waals surface area contributed by atoms with Gasteiger partial charge in [0.15, 0.2) is 5.96 Å². The lowest BCUT2D eigenvalue weighted by Crippen LogP contribution is -2.44. The van der Waals surface area contributed by atoms with Crippen molar-refractivity contribution in [3.8, 4) is 0 Å². The van der Waals surface area contributed by atoms with Crippen LogP contribution in [-0.2, 0) is 4.79 Å². The molecule has 2 fully saturated rings. The van der Waals surface area contributed by atoms with E-state index in [1.165, 1.54) is 32.1 Å². The highest BCUT2D eigenvalue weighted by Gasteiger charge is 2.48. The number of hydrogen-bond donors (Lipinski definition) is 2. The van der Waals surface area contributed by atoms with Gasteiger partial charge in [-0.05, 0) is 62.1 Å². The van der Waals surface area contributed by atoms with Crippen LogP contribution in [0.2, 0.25) is 0 Å². The van der Waals surface area contributed by atoms with E-state index >= 15 is 0 Å². The summed E-state index contributed by atoms with van der Waals surface area (Å²) in [5, 5.41) is 4.85. The first-order valence-electron chi connectivity index (χ1n) is 13.3. The van der Waals surface area contributed by atoms with Gasteiger partial charge in [0.05, 0.1) is 5.52 Å². The minimum Gasteiger partial charge on any atom is -0.369 e. The molecule has 2 aromatic rings. The predicted molar refractivity (Wildman–Crippen MR) is 139 cm³/mol. The maximum absolute atomic E-state index is 13.4. The highest BCUT2D eigenvalue weighted by atomic mass is 16.2. The van der Waals surface area contributed by atoms with Crippen LogP contribution in [0.1, 0.15) is 77.0 Å². The standard InChI is InChI=1S/C28H39N5O/c1-33-26(34)28(32-27(33)29,17-16-20-8-3-2-4-9-20)19-21-10-7-12-23(18-21)30-25-15-14-22-11-5-6-13-24(22)31-25/h5-6,11,13-15,20-21,23H,2-4,7-10,12,16-19H2,1H3,(H2,29,32)(H,30,31)/t21-,23+,28+/m0/s1. The summed E-state index contributed by atoms with van der Waals surface area (Å²) in [7, 11) is 1.78. The highest BCUT2D eigenvalue weighted by molar-refractivity contribution is 6.06. The van der Waals surface area contributed by atoms with Crippen LogP contribution in [0.3, 0.4) is 0 Å². The van der Waals surface area contributed by atoms with Gasteiger partial charge in [-0.3, -0.25) is 9.69 Å². The molecule has 34 heavy (non-hydrogen) atoms. The number of nitrogens with two attached hydrogens (primary N) is 1. The molecule has 2 saturated carbocycles. The SMILES string of the molecule is CN1C(=O)[C@@](CCC2CCCCC2)(C[C@H]2CCC[C@@H](Nc3ccc4ccccc4n3)C2)N=C1N. The summed E-state index contributed by atoms with van der Waals surface area (Å²) in [6.07, 6.45) is 13.9. The van der Waals surface area contributed by atoms with E-state index in [0.717, 1.165) is 67.6 Å². The Bertz CT molecular complexity index is 1050. The Hall–Kier alpha value is -2.63. The molecule has 0 saturated heterocycles. The highest BCUT2D eigenvalue weighted by Crippen LogP contribution is 2.40. The fourth-order valence-electron chi connectivity index (χ4n) is 6.52. The molecule has 0 spiro atoms. The number of fused-ring (bicyclic) bond motifs is 1. The number of rotatable bonds is 7. The Balaban J connectivity index is 1.26. The molecule has 6 nitrogen and oxygen atoms in total. The summed E-state index contributed by atoms with van der Waals surface area (Å²) in [6, 6.07) is 12.8. The van der Waals surface area contributed by atoms with Gasteiger partial charge in [0.2, 0.25) is 0 Å². The average molecular weight is 462 g/mol. The van der Waals surface area contributed by atoms with Gasteiger partial charge in [-0.1, -0.05) is 63.1 Å². The van der Waals surface area contributed by atoms with E-state index in [1.807, 2.05) is 12.1 Å². The quantitative estimate of drug-likeness (QED) is 0.572. The lowest BCUT2D eigenvalue weighted by Gasteiger charge is -2.35. The molecule has 2 aliphatic carbocycles. The molecule has 0 bridgehead atoms. The molecular weight excluding hydrogens is 422 g/mol. The zero-order chi connectivity index (χ0) is 23.5. The number of carbonyl (C=O) groups is 1. The zero-order valence-corrected chi connectivity index (χ0v) is 20.5. The number of benzene rings is 1. The van der Waals surface area contributed by atoms with Gasteiger partial charge in [0.25, 0.3) is 5.91 Å². The van der Waals surface area contributed by atoms with Gasteiger partial charge in [0, 0.05) is 18.5 Å². The van der Waals surface area contributed by atoms with Crippen molar-refractivity contribution >= 4 is 28.6 Å². The monoisotopic (exact) mass is 461 g/mol. The van der Waals surface area contributed by atoms with Crippen LogP contribution < -0.4 is 11.1 Å². The van der Waals surface area contributed by atoms with Crippen LogP contribution >= 0.6 is 0 Å². The second-order valence-electron chi connectivity index (χ2n) is 10.9. The Labute approximate surface area is 203 Å². The fourth-order valence-corrected chi connectivity index (χ4v) is 6.52. The summed E-state index contributed by atoms with van der Waals surface area (Å²) >= 11 is 0. The van der Waals surface area contributed by atoms with Crippen LogP contribution in [0, 0.1) is 11.8 Å². The molecule has 182 valence electrons. The third-order valence-electron chi connectivity index (χ3n) is 8.43.